The molecular formula is C24H51N2O7+. The molecule has 0 bridgehead atoms. The van der Waals surface area contributed by atoms with E-state index < -0.39 is 36.9 Å². The minimum Gasteiger partial charge on any atom is -0.394 e. The molecule has 0 aliphatic carbocycles. The molecule has 0 fully saturated rings. The summed E-state index contributed by atoms with van der Waals surface area (Å²) in [5, 5.41) is 59.3. The molecular weight excluding hydrogens is 428 g/mol. The Kier molecular flexibility index (Phi) is 19.0. The zero-order valence-electron chi connectivity index (χ0n) is 20.9. The predicted octanol–water partition coefficient (Wildman–Crippen LogP) is 0.288. The number of aliphatic hydroxyl groups is 6. The Morgan fingerprint density at radius 3 is 1.79 bits per heavy atom. The Balaban J connectivity index is 4.13. The second-order valence-corrected chi connectivity index (χ2v) is 9.52. The number of likely N-dealkylation sites (N-methyl/N-ethyl adjacent to an activating group) is 1. The van der Waals surface area contributed by atoms with E-state index in [-0.39, 0.29) is 13.2 Å². The van der Waals surface area contributed by atoms with Gasteiger partial charge in [-0.25, -0.2) is 0 Å². The predicted molar refractivity (Wildman–Crippen MR) is 128 cm³/mol. The molecule has 0 aromatic heterocycles. The molecule has 0 aliphatic heterocycles. The van der Waals surface area contributed by atoms with Gasteiger partial charge in [0, 0.05) is 13.0 Å². The number of carbonyl (C=O) groups is 1. The molecule has 0 aromatic rings. The molecule has 0 radical (unpaired) electrons. The lowest BCUT2D eigenvalue weighted by atomic mass is 10.0. The summed E-state index contributed by atoms with van der Waals surface area (Å²) in [6, 6.07) is 0. The van der Waals surface area contributed by atoms with Crippen molar-refractivity contribution in [1.82, 2.24) is 5.32 Å². The largest absolute Gasteiger partial charge is 0.394 e. The van der Waals surface area contributed by atoms with Crippen molar-refractivity contribution in [2.24, 2.45) is 0 Å². The molecule has 9 heteroatoms. The number of unbranched alkanes of at least 4 members (excludes halogenated alkanes) is 9. The van der Waals surface area contributed by atoms with Crippen LogP contribution in [0.5, 0.6) is 0 Å². The zero-order valence-corrected chi connectivity index (χ0v) is 20.9. The second-order valence-electron chi connectivity index (χ2n) is 9.52. The van der Waals surface area contributed by atoms with Gasteiger partial charge in [-0.05, 0) is 12.8 Å². The average molecular weight is 480 g/mol. The lowest BCUT2D eigenvalue weighted by molar-refractivity contribution is -0.910. The highest BCUT2D eigenvalue weighted by Crippen LogP contribution is 2.13. The van der Waals surface area contributed by atoms with E-state index in [0.717, 1.165) is 19.5 Å². The van der Waals surface area contributed by atoms with Gasteiger partial charge in [-0.1, -0.05) is 58.3 Å². The van der Waals surface area contributed by atoms with E-state index in [9.17, 15) is 30.3 Å². The van der Waals surface area contributed by atoms with Crippen molar-refractivity contribution >= 4 is 5.91 Å². The van der Waals surface area contributed by atoms with Crippen molar-refractivity contribution in [3.63, 3.8) is 0 Å². The molecule has 0 saturated carbocycles. The Hall–Kier alpha value is -0.810. The van der Waals surface area contributed by atoms with Crippen LogP contribution in [0.3, 0.4) is 0 Å². The molecule has 0 saturated heterocycles. The van der Waals surface area contributed by atoms with E-state index in [0.29, 0.717) is 17.4 Å². The topological polar surface area (TPSA) is 150 Å². The molecule has 0 heterocycles. The van der Waals surface area contributed by atoms with Crippen LogP contribution in [0, 0.1) is 0 Å². The summed E-state index contributed by atoms with van der Waals surface area (Å²) in [6.45, 7) is 4.15. The fraction of sp³-hybridized carbons (Fsp3) is 0.958. The first-order chi connectivity index (χ1) is 15.7. The van der Waals surface area contributed by atoms with Gasteiger partial charge in [-0.15, -0.1) is 0 Å². The van der Waals surface area contributed by atoms with Crippen molar-refractivity contribution < 1.29 is 39.9 Å². The second kappa shape index (κ2) is 19.5. The monoisotopic (exact) mass is 479 g/mol. The van der Waals surface area contributed by atoms with Crippen LogP contribution in [0.2, 0.25) is 0 Å². The molecule has 0 aliphatic rings. The fourth-order valence-electron chi connectivity index (χ4n) is 4.01. The fourth-order valence-corrected chi connectivity index (χ4v) is 4.01. The van der Waals surface area contributed by atoms with E-state index in [2.05, 4.69) is 19.3 Å². The quantitative estimate of drug-likeness (QED) is 0.0871. The average Bonchev–Trinajstić information content (AvgIpc) is 2.81. The van der Waals surface area contributed by atoms with Crippen LogP contribution >= 0.6 is 0 Å². The van der Waals surface area contributed by atoms with E-state index in [1.54, 1.807) is 0 Å². The van der Waals surface area contributed by atoms with Crippen molar-refractivity contribution in [1.29, 1.82) is 0 Å². The number of hydrogen-bond acceptors (Lipinski definition) is 7. The number of quaternary nitrogens is 1. The smallest absolute Gasteiger partial charge is 0.251 e. The van der Waals surface area contributed by atoms with Gasteiger partial charge in [0.25, 0.3) is 5.91 Å². The Labute approximate surface area is 200 Å². The first kappa shape index (κ1) is 32.2. The van der Waals surface area contributed by atoms with Crippen molar-refractivity contribution in [3.05, 3.63) is 0 Å². The summed E-state index contributed by atoms with van der Waals surface area (Å²) in [5.41, 5.74) is 0. The number of aliphatic hydroxyl groups excluding tert-OH is 6. The number of carbonyl (C=O) groups excluding carboxylic acids is 1. The summed E-state index contributed by atoms with van der Waals surface area (Å²) in [6.07, 6.45) is 6.07. The number of hydrogen-bond donors (Lipinski definition) is 7. The Morgan fingerprint density at radius 1 is 0.758 bits per heavy atom. The van der Waals surface area contributed by atoms with E-state index in [1.165, 1.54) is 57.8 Å². The highest BCUT2D eigenvalue weighted by molar-refractivity contribution is 5.81. The van der Waals surface area contributed by atoms with Gasteiger partial charge >= 0.3 is 0 Å². The highest BCUT2D eigenvalue weighted by Gasteiger charge is 2.34. The van der Waals surface area contributed by atoms with Gasteiger partial charge in [-0.3, -0.25) is 4.79 Å². The summed E-state index contributed by atoms with van der Waals surface area (Å²) >= 11 is 0. The maximum absolute atomic E-state index is 12.0. The minimum absolute atomic E-state index is 0.0938. The van der Waals surface area contributed by atoms with Crippen LogP contribution in [-0.4, -0.2) is 112 Å². The third-order valence-electron chi connectivity index (χ3n) is 6.39. The van der Waals surface area contributed by atoms with Gasteiger partial charge in [0.1, 0.15) is 24.9 Å². The van der Waals surface area contributed by atoms with Crippen molar-refractivity contribution in [2.75, 3.05) is 46.4 Å². The SMILES string of the molecule is CCCCCCCCCCCC[N+](C)(CCO)CCCNC(=O)C(O)C(O)C(O)C(O)CO. The zero-order chi connectivity index (χ0) is 25.1. The van der Waals surface area contributed by atoms with Crippen molar-refractivity contribution in [2.45, 2.75) is 102 Å². The van der Waals surface area contributed by atoms with Crippen LogP contribution in [0.1, 0.15) is 77.6 Å². The number of nitrogens with zero attached hydrogens (tertiary/aromatic N) is 1. The molecule has 5 atom stereocenters. The third-order valence-corrected chi connectivity index (χ3v) is 6.39. The summed E-state index contributed by atoms with van der Waals surface area (Å²) in [7, 11) is 2.09. The van der Waals surface area contributed by atoms with Crippen LogP contribution in [0.4, 0.5) is 0 Å². The molecule has 0 aromatic carbocycles. The third kappa shape index (κ3) is 14.9. The first-order valence-corrected chi connectivity index (χ1v) is 12.8. The molecule has 198 valence electrons. The Bertz CT molecular complexity index is 484. The molecule has 1 amide bonds. The summed E-state index contributed by atoms with van der Waals surface area (Å²) in [4.78, 5) is 12.0. The van der Waals surface area contributed by atoms with E-state index >= 15 is 0 Å². The van der Waals surface area contributed by atoms with Gasteiger partial charge in [0.05, 0.1) is 33.4 Å². The molecule has 33 heavy (non-hydrogen) atoms. The normalized spacial score (nSPS) is 17.2. The number of amides is 1. The van der Waals surface area contributed by atoms with E-state index in [4.69, 9.17) is 5.11 Å². The molecule has 0 rings (SSSR count). The van der Waals surface area contributed by atoms with Crippen LogP contribution in [-0.2, 0) is 4.79 Å². The highest BCUT2D eigenvalue weighted by atomic mass is 16.4. The van der Waals surface area contributed by atoms with Crippen LogP contribution < -0.4 is 5.32 Å². The van der Waals surface area contributed by atoms with Gasteiger partial charge < -0.3 is 40.4 Å². The lowest BCUT2D eigenvalue weighted by Gasteiger charge is -2.34. The summed E-state index contributed by atoms with van der Waals surface area (Å²) in [5.74, 6) is -0.849. The van der Waals surface area contributed by atoms with Crippen molar-refractivity contribution in [3.8, 4) is 0 Å². The van der Waals surface area contributed by atoms with E-state index in [1.807, 2.05) is 0 Å². The maximum Gasteiger partial charge on any atom is 0.251 e. The van der Waals surface area contributed by atoms with Gasteiger partial charge in [-0.2, -0.15) is 0 Å². The minimum atomic E-state index is -1.91. The summed E-state index contributed by atoms with van der Waals surface area (Å²) < 4.78 is 0.704. The van der Waals surface area contributed by atoms with Gasteiger partial charge in [0.2, 0.25) is 0 Å². The lowest BCUT2D eigenvalue weighted by Crippen LogP contribution is -2.52. The molecule has 9 nitrogen and oxygen atoms in total. The molecule has 0 spiro atoms. The van der Waals surface area contributed by atoms with Crippen LogP contribution in [0.25, 0.3) is 0 Å². The Morgan fingerprint density at radius 2 is 1.27 bits per heavy atom. The number of rotatable bonds is 22. The van der Waals surface area contributed by atoms with Crippen LogP contribution in [0.15, 0.2) is 0 Å². The maximum atomic E-state index is 12.0. The first-order valence-electron chi connectivity index (χ1n) is 12.8. The molecule has 7 N–H and O–H groups in total. The molecule has 5 unspecified atom stereocenters. The number of nitrogens with one attached hydrogen (secondary N) is 1. The van der Waals surface area contributed by atoms with Gasteiger partial charge in [0.15, 0.2) is 6.10 Å². The standard InChI is InChI=1S/C24H50N2O7/c1-3-4-5-6-7-8-9-10-11-12-15-26(2,17-18-27)16-13-14-25-24(33)23(32)22(31)21(30)20(29)19-28/h20-23,27-32H,3-19H2,1-2H3/p+1.